The zero-order chi connectivity index (χ0) is 19.4. The normalized spacial score (nSPS) is 23.8. The van der Waals surface area contributed by atoms with Gasteiger partial charge in [0, 0.05) is 37.3 Å². The molecular formula is C22H28N2O3. The van der Waals surface area contributed by atoms with E-state index in [1.165, 1.54) is 6.92 Å². The molecule has 1 aromatic carbocycles. The third-order valence-electron chi connectivity index (χ3n) is 5.43. The molecule has 27 heavy (non-hydrogen) atoms. The molecule has 0 radical (unpaired) electrons. The molecule has 3 rings (SSSR count). The lowest BCUT2D eigenvalue weighted by molar-refractivity contribution is -0.148. The molecule has 0 spiro atoms. The van der Waals surface area contributed by atoms with Crippen molar-refractivity contribution in [3.8, 4) is 11.8 Å². The van der Waals surface area contributed by atoms with E-state index in [0.717, 1.165) is 36.8 Å². The van der Waals surface area contributed by atoms with Gasteiger partial charge < -0.3 is 15.3 Å². The molecular weight excluding hydrogens is 340 g/mol. The SMILES string of the molecule is CCCC#Cc1ccc([C@H]2[C@@H](CO)N(C(C)=O)[C@@H]2CNC(=O)C2CC2)cc1. The monoisotopic (exact) mass is 368 g/mol. The number of rotatable bonds is 6. The summed E-state index contributed by atoms with van der Waals surface area (Å²) in [6.45, 7) is 3.96. The highest BCUT2D eigenvalue weighted by molar-refractivity contribution is 5.81. The standard InChI is InChI=1S/C22H28N2O3/c1-3-4-5-6-16-7-9-17(10-8-16)21-19(13-23-22(27)18-11-12-18)24(15(2)26)20(21)14-25/h7-10,18-21,25H,3-4,11-14H2,1-2H3,(H,23,27)/t19-,20-,21-/m1/s1. The van der Waals surface area contributed by atoms with Crippen molar-refractivity contribution in [3.63, 3.8) is 0 Å². The molecule has 2 N–H and O–H groups in total. The number of hydrogen-bond acceptors (Lipinski definition) is 3. The van der Waals surface area contributed by atoms with Crippen molar-refractivity contribution >= 4 is 11.8 Å². The Balaban J connectivity index is 1.74. The van der Waals surface area contributed by atoms with Crippen molar-refractivity contribution in [2.24, 2.45) is 5.92 Å². The molecule has 5 nitrogen and oxygen atoms in total. The van der Waals surface area contributed by atoms with E-state index in [4.69, 9.17) is 0 Å². The van der Waals surface area contributed by atoms with Crippen molar-refractivity contribution in [1.82, 2.24) is 10.2 Å². The number of aliphatic hydroxyl groups is 1. The predicted octanol–water partition coefficient (Wildman–Crippen LogP) is 2.04. The average molecular weight is 368 g/mol. The van der Waals surface area contributed by atoms with Crippen LogP contribution < -0.4 is 5.32 Å². The maximum atomic E-state index is 12.1. The van der Waals surface area contributed by atoms with Gasteiger partial charge in [0.15, 0.2) is 0 Å². The maximum Gasteiger partial charge on any atom is 0.223 e. The number of likely N-dealkylation sites (tertiary alicyclic amines) is 1. The summed E-state index contributed by atoms with van der Waals surface area (Å²) in [7, 11) is 0. The Morgan fingerprint density at radius 1 is 1.22 bits per heavy atom. The van der Waals surface area contributed by atoms with Crippen LogP contribution >= 0.6 is 0 Å². The minimum atomic E-state index is -0.248. The lowest BCUT2D eigenvalue weighted by atomic mass is 9.75. The summed E-state index contributed by atoms with van der Waals surface area (Å²) >= 11 is 0. The number of carbonyl (C=O) groups is 2. The Hall–Kier alpha value is -2.32. The first-order chi connectivity index (χ1) is 13.1. The first-order valence-corrected chi connectivity index (χ1v) is 9.83. The van der Waals surface area contributed by atoms with Gasteiger partial charge in [-0.15, -0.1) is 0 Å². The minimum absolute atomic E-state index is 0.0102. The van der Waals surface area contributed by atoms with Crippen LogP contribution in [0.3, 0.4) is 0 Å². The Labute approximate surface area is 161 Å². The second-order valence-electron chi connectivity index (χ2n) is 7.46. The number of nitrogens with zero attached hydrogens (tertiary/aromatic N) is 1. The summed E-state index contributed by atoms with van der Waals surface area (Å²) in [5, 5.41) is 12.8. The number of hydrogen-bond donors (Lipinski definition) is 2. The molecule has 1 saturated carbocycles. The molecule has 1 heterocycles. The van der Waals surface area contributed by atoms with Crippen molar-refractivity contribution in [3.05, 3.63) is 35.4 Å². The fraction of sp³-hybridized carbons (Fsp3) is 0.545. The Bertz CT molecular complexity index is 743. The summed E-state index contributed by atoms with van der Waals surface area (Å²) in [6, 6.07) is 7.65. The van der Waals surface area contributed by atoms with E-state index in [-0.39, 0.29) is 42.3 Å². The van der Waals surface area contributed by atoms with Gasteiger partial charge in [-0.25, -0.2) is 0 Å². The van der Waals surface area contributed by atoms with E-state index < -0.39 is 0 Å². The highest BCUT2D eigenvalue weighted by Crippen LogP contribution is 2.40. The molecule has 0 bridgehead atoms. The van der Waals surface area contributed by atoms with E-state index in [0.29, 0.717) is 6.54 Å². The van der Waals surface area contributed by atoms with Gasteiger partial charge in [-0.3, -0.25) is 9.59 Å². The third-order valence-corrected chi connectivity index (χ3v) is 5.43. The van der Waals surface area contributed by atoms with Crippen LogP contribution in [-0.2, 0) is 9.59 Å². The second kappa shape index (κ2) is 8.58. The topological polar surface area (TPSA) is 69.6 Å². The van der Waals surface area contributed by atoms with Gasteiger partial charge in [0.05, 0.1) is 18.7 Å². The number of amides is 2. The molecule has 1 aliphatic heterocycles. The van der Waals surface area contributed by atoms with Crippen molar-refractivity contribution in [2.75, 3.05) is 13.2 Å². The summed E-state index contributed by atoms with van der Waals surface area (Å²) in [6.07, 6.45) is 3.83. The molecule has 1 saturated heterocycles. The van der Waals surface area contributed by atoms with Gasteiger partial charge in [-0.05, 0) is 37.0 Å². The van der Waals surface area contributed by atoms with Crippen LogP contribution in [0.5, 0.6) is 0 Å². The largest absolute Gasteiger partial charge is 0.394 e. The van der Waals surface area contributed by atoms with Crippen molar-refractivity contribution in [1.29, 1.82) is 0 Å². The predicted molar refractivity (Wildman–Crippen MR) is 104 cm³/mol. The lowest BCUT2D eigenvalue weighted by Gasteiger charge is -2.54. The zero-order valence-corrected chi connectivity index (χ0v) is 16.1. The number of benzene rings is 1. The number of nitrogens with one attached hydrogen (secondary N) is 1. The highest BCUT2D eigenvalue weighted by Gasteiger charge is 2.50. The van der Waals surface area contributed by atoms with Gasteiger partial charge in [-0.1, -0.05) is 30.9 Å². The summed E-state index contributed by atoms with van der Waals surface area (Å²) in [5.41, 5.74) is 2.03. The van der Waals surface area contributed by atoms with E-state index >= 15 is 0 Å². The van der Waals surface area contributed by atoms with Crippen LogP contribution in [0.15, 0.2) is 24.3 Å². The molecule has 2 aliphatic rings. The van der Waals surface area contributed by atoms with E-state index in [2.05, 4.69) is 24.1 Å². The van der Waals surface area contributed by atoms with Gasteiger partial charge in [0.2, 0.25) is 11.8 Å². The quantitative estimate of drug-likeness (QED) is 0.755. The van der Waals surface area contributed by atoms with E-state index in [9.17, 15) is 14.7 Å². The van der Waals surface area contributed by atoms with Crippen LogP contribution in [0.25, 0.3) is 0 Å². The molecule has 1 aromatic rings. The second-order valence-corrected chi connectivity index (χ2v) is 7.46. The van der Waals surface area contributed by atoms with Crippen molar-refractivity contribution < 1.29 is 14.7 Å². The molecule has 1 aliphatic carbocycles. The average Bonchev–Trinajstić information content (AvgIpc) is 3.47. The fourth-order valence-corrected chi connectivity index (χ4v) is 3.86. The van der Waals surface area contributed by atoms with Crippen LogP contribution in [0, 0.1) is 17.8 Å². The van der Waals surface area contributed by atoms with Gasteiger partial charge in [-0.2, -0.15) is 0 Å². The van der Waals surface area contributed by atoms with E-state index in [1.54, 1.807) is 4.90 Å². The third kappa shape index (κ3) is 4.33. The smallest absolute Gasteiger partial charge is 0.223 e. The van der Waals surface area contributed by atoms with E-state index in [1.807, 2.05) is 24.3 Å². The first kappa shape index (κ1) is 19.4. The van der Waals surface area contributed by atoms with Crippen molar-refractivity contribution in [2.45, 2.75) is 57.5 Å². The molecule has 3 atom stereocenters. The molecule has 0 aromatic heterocycles. The number of carbonyl (C=O) groups excluding carboxylic acids is 2. The number of aliphatic hydroxyl groups excluding tert-OH is 1. The summed E-state index contributed by atoms with van der Waals surface area (Å²) in [4.78, 5) is 25.8. The fourth-order valence-electron chi connectivity index (χ4n) is 3.86. The molecule has 5 heteroatoms. The summed E-state index contributed by atoms with van der Waals surface area (Å²) in [5.74, 6) is 6.44. The highest BCUT2D eigenvalue weighted by atomic mass is 16.3. The Morgan fingerprint density at radius 3 is 2.48 bits per heavy atom. The Kier molecular flexibility index (Phi) is 6.18. The minimum Gasteiger partial charge on any atom is -0.394 e. The molecule has 2 amide bonds. The maximum absolute atomic E-state index is 12.1. The lowest BCUT2D eigenvalue weighted by Crippen LogP contribution is -2.68. The molecule has 144 valence electrons. The summed E-state index contributed by atoms with van der Waals surface area (Å²) < 4.78 is 0. The first-order valence-electron chi connectivity index (χ1n) is 9.83. The zero-order valence-electron chi connectivity index (χ0n) is 16.1. The van der Waals surface area contributed by atoms with Gasteiger partial charge >= 0.3 is 0 Å². The van der Waals surface area contributed by atoms with Gasteiger partial charge in [0.25, 0.3) is 0 Å². The molecule has 0 unspecified atom stereocenters. The van der Waals surface area contributed by atoms with Gasteiger partial charge in [0.1, 0.15) is 0 Å². The van der Waals surface area contributed by atoms with Crippen LogP contribution in [0.1, 0.15) is 56.6 Å². The van der Waals surface area contributed by atoms with Crippen LogP contribution in [0.2, 0.25) is 0 Å². The number of unbranched alkanes of at least 4 members (excludes halogenated alkanes) is 1. The van der Waals surface area contributed by atoms with Crippen LogP contribution in [-0.4, -0.2) is 47.1 Å². The Morgan fingerprint density at radius 2 is 1.93 bits per heavy atom. The molecule has 2 fully saturated rings. The van der Waals surface area contributed by atoms with Crippen LogP contribution in [0.4, 0.5) is 0 Å².